The zero-order valence-corrected chi connectivity index (χ0v) is 11.4. The molecule has 0 bridgehead atoms. The zero-order valence-electron chi connectivity index (χ0n) is 11.4. The van der Waals surface area contributed by atoms with E-state index in [4.69, 9.17) is 0 Å². The van der Waals surface area contributed by atoms with Crippen molar-refractivity contribution in [1.29, 1.82) is 0 Å². The number of benzene rings is 1. The van der Waals surface area contributed by atoms with Crippen LogP contribution in [0.3, 0.4) is 0 Å². The standard InChI is InChI=1S/C15H20N4O/c20-13-8-6-12(7-9-13)16-10-14-15(18-19-17-14)11-4-2-1-3-5-11/h1-5,12-13,16,20H,6-10H2,(H,17,18,19). The van der Waals surface area contributed by atoms with E-state index in [-0.39, 0.29) is 6.10 Å². The molecule has 0 saturated heterocycles. The van der Waals surface area contributed by atoms with E-state index in [9.17, 15) is 5.11 Å². The first-order chi connectivity index (χ1) is 9.83. The molecule has 0 unspecified atom stereocenters. The Morgan fingerprint density at radius 3 is 2.60 bits per heavy atom. The average Bonchev–Trinajstić information content (AvgIpc) is 2.96. The molecule has 1 saturated carbocycles. The molecule has 1 aromatic carbocycles. The fourth-order valence-electron chi connectivity index (χ4n) is 2.72. The summed E-state index contributed by atoms with van der Waals surface area (Å²) in [4.78, 5) is 0. The highest BCUT2D eigenvalue weighted by Crippen LogP contribution is 2.21. The van der Waals surface area contributed by atoms with Crippen LogP contribution in [0.15, 0.2) is 30.3 Å². The summed E-state index contributed by atoms with van der Waals surface area (Å²) in [5.41, 5.74) is 2.94. The molecule has 2 aromatic rings. The highest BCUT2D eigenvalue weighted by Gasteiger charge is 2.19. The van der Waals surface area contributed by atoms with Crippen molar-refractivity contribution >= 4 is 0 Å². The van der Waals surface area contributed by atoms with Crippen LogP contribution in [0.4, 0.5) is 0 Å². The van der Waals surface area contributed by atoms with Gasteiger partial charge in [-0.1, -0.05) is 30.3 Å². The minimum Gasteiger partial charge on any atom is -0.393 e. The highest BCUT2D eigenvalue weighted by molar-refractivity contribution is 5.60. The number of aromatic nitrogens is 3. The van der Waals surface area contributed by atoms with Gasteiger partial charge in [0, 0.05) is 18.2 Å². The summed E-state index contributed by atoms with van der Waals surface area (Å²) in [5.74, 6) is 0. The van der Waals surface area contributed by atoms with Gasteiger partial charge >= 0.3 is 0 Å². The fraction of sp³-hybridized carbons (Fsp3) is 0.467. The number of H-pyrrole nitrogens is 1. The number of hydrogen-bond donors (Lipinski definition) is 3. The minimum absolute atomic E-state index is 0.111. The molecule has 0 spiro atoms. The number of hydrogen-bond acceptors (Lipinski definition) is 4. The smallest absolute Gasteiger partial charge is 0.117 e. The summed E-state index contributed by atoms with van der Waals surface area (Å²) >= 11 is 0. The van der Waals surface area contributed by atoms with Gasteiger partial charge in [-0.2, -0.15) is 15.4 Å². The van der Waals surface area contributed by atoms with Gasteiger partial charge in [0.2, 0.25) is 0 Å². The maximum atomic E-state index is 9.52. The Labute approximate surface area is 118 Å². The summed E-state index contributed by atoms with van der Waals surface area (Å²) in [6.45, 7) is 0.710. The summed E-state index contributed by atoms with van der Waals surface area (Å²) in [6.07, 6.45) is 3.73. The molecule has 20 heavy (non-hydrogen) atoms. The van der Waals surface area contributed by atoms with Gasteiger partial charge in [-0.25, -0.2) is 0 Å². The number of aromatic amines is 1. The summed E-state index contributed by atoms with van der Waals surface area (Å²) in [5, 5.41) is 24.2. The maximum Gasteiger partial charge on any atom is 0.117 e. The Morgan fingerprint density at radius 2 is 1.85 bits per heavy atom. The fourth-order valence-corrected chi connectivity index (χ4v) is 2.72. The molecule has 106 valence electrons. The molecule has 3 rings (SSSR count). The SMILES string of the molecule is OC1CCC(NCc2n[nH]nc2-c2ccccc2)CC1. The van der Waals surface area contributed by atoms with Crippen molar-refractivity contribution in [3.8, 4) is 11.3 Å². The Bertz CT molecular complexity index is 532. The van der Waals surface area contributed by atoms with E-state index in [0.717, 1.165) is 42.6 Å². The molecule has 1 aliphatic carbocycles. The number of nitrogens with zero attached hydrogens (tertiary/aromatic N) is 2. The van der Waals surface area contributed by atoms with Crippen molar-refractivity contribution in [2.75, 3.05) is 0 Å². The lowest BCUT2D eigenvalue weighted by Crippen LogP contribution is -2.34. The number of aliphatic hydroxyl groups excluding tert-OH is 1. The average molecular weight is 272 g/mol. The third-order valence-corrected chi connectivity index (χ3v) is 3.92. The van der Waals surface area contributed by atoms with Crippen LogP contribution >= 0.6 is 0 Å². The molecule has 0 amide bonds. The van der Waals surface area contributed by atoms with Gasteiger partial charge in [-0.3, -0.25) is 0 Å². The second-order valence-corrected chi connectivity index (χ2v) is 5.37. The normalized spacial score (nSPS) is 22.9. The topological polar surface area (TPSA) is 73.8 Å². The van der Waals surface area contributed by atoms with E-state index in [2.05, 4.69) is 20.7 Å². The summed E-state index contributed by atoms with van der Waals surface area (Å²) < 4.78 is 0. The van der Waals surface area contributed by atoms with Gasteiger partial charge in [0.15, 0.2) is 0 Å². The lowest BCUT2D eigenvalue weighted by Gasteiger charge is -2.26. The number of aliphatic hydroxyl groups is 1. The Balaban J connectivity index is 1.63. The molecule has 0 aliphatic heterocycles. The van der Waals surface area contributed by atoms with Crippen LogP contribution in [0.1, 0.15) is 31.4 Å². The molecule has 1 aliphatic rings. The molecule has 1 aromatic heterocycles. The molecule has 1 heterocycles. The summed E-state index contributed by atoms with van der Waals surface area (Å²) in [7, 11) is 0. The lowest BCUT2D eigenvalue weighted by atomic mass is 9.93. The van der Waals surface area contributed by atoms with Gasteiger partial charge in [0.1, 0.15) is 11.4 Å². The van der Waals surface area contributed by atoms with Gasteiger partial charge in [-0.05, 0) is 25.7 Å². The predicted molar refractivity (Wildman–Crippen MR) is 76.9 cm³/mol. The molecule has 0 radical (unpaired) electrons. The second kappa shape index (κ2) is 6.15. The van der Waals surface area contributed by atoms with Crippen molar-refractivity contribution in [2.24, 2.45) is 0 Å². The molecule has 3 N–H and O–H groups in total. The Kier molecular flexibility index (Phi) is 4.08. The van der Waals surface area contributed by atoms with Crippen LogP contribution in [-0.4, -0.2) is 32.7 Å². The van der Waals surface area contributed by atoms with Crippen LogP contribution in [-0.2, 0) is 6.54 Å². The van der Waals surface area contributed by atoms with E-state index >= 15 is 0 Å². The lowest BCUT2D eigenvalue weighted by molar-refractivity contribution is 0.116. The van der Waals surface area contributed by atoms with Crippen molar-refractivity contribution < 1.29 is 5.11 Å². The second-order valence-electron chi connectivity index (χ2n) is 5.37. The Morgan fingerprint density at radius 1 is 1.10 bits per heavy atom. The molecule has 5 heteroatoms. The molecule has 0 atom stereocenters. The highest BCUT2D eigenvalue weighted by atomic mass is 16.3. The van der Waals surface area contributed by atoms with Crippen LogP contribution in [0.25, 0.3) is 11.3 Å². The largest absolute Gasteiger partial charge is 0.393 e. The quantitative estimate of drug-likeness (QED) is 0.794. The molecular formula is C15H20N4O. The summed E-state index contributed by atoms with van der Waals surface area (Å²) in [6, 6.07) is 10.6. The van der Waals surface area contributed by atoms with Gasteiger partial charge < -0.3 is 10.4 Å². The van der Waals surface area contributed by atoms with E-state index in [0.29, 0.717) is 12.6 Å². The van der Waals surface area contributed by atoms with Crippen molar-refractivity contribution in [3.05, 3.63) is 36.0 Å². The zero-order chi connectivity index (χ0) is 13.8. The van der Waals surface area contributed by atoms with Crippen LogP contribution in [0.2, 0.25) is 0 Å². The third kappa shape index (κ3) is 3.05. The van der Waals surface area contributed by atoms with E-state index < -0.39 is 0 Å². The first kappa shape index (κ1) is 13.3. The predicted octanol–water partition coefficient (Wildman–Crippen LogP) is 1.86. The first-order valence-electron chi connectivity index (χ1n) is 7.19. The Hall–Kier alpha value is -1.72. The molecule has 5 nitrogen and oxygen atoms in total. The van der Waals surface area contributed by atoms with Crippen LogP contribution in [0.5, 0.6) is 0 Å². The molecule has 1 fully saturated rings. The van der Waals surface area contributed by atoms with Crippen molar-refractivity contribution in [2.45, 2.75) is 44.4 Å². The van der Waals surface area contributed by atoms with Gasteiger partial charge in [0.05, 0.1) is 6.10 Å². The van der Waals surface area contributed by atoms with Crippen molar-refractivity contribution in [1.82, 2.24) is 20.7 Å². The first-order valence-corrected chi connectivity index (χ1v) is 7.19. The van der Waals surface area contributed by atoms with Gasteiger partial charge in [-0.15, -0.1) is 0 Å². The maximum absolute atomic E-state index is 9.52. The van der Waals surface area contributed by atoms with Crippen LogP contribution in [0, 0.1) is 0 Å². The number of rotatable bonds is 4. The van der Waals surface area contributed by atoms with E-state index in [1.165, 1.54) is 0 Å². The number of nitrogens with one attached hydrogen (secondary N) is 2. The minimum atomic E-state index is -0.111. The van der Waals surface area contributed by atoms with Gasteiger partial charge in [0.25, 0.3) is 0 Å². The van der Waals surface area contributed by atoms with E-state index in [1.807, 2.05) is 30.3 Å². The third-order valence-electron chi connectivity index (χ3n) is 3.92. The van der Waals surface area contributed by atoms with Crippen molar-refractivity contribution in [3.63, 3.8) is 0 Å². The monoisotopic (exact) mass is 272 g/mol. The van der Waals surface area contributed by atoms with Crippen LogP contribution < -0.4 is 5.32 Å². The van der Waals surface area contributed by atoms with E-state index in [1.54, 1.807) is 0 Å². The molecular weight excluding hydrogens is 252 g/mol.